The van der Waals surface area contributed by atoms with Gasteiger partial charge in [-0.25, -0.2) is 0 Å². The highest BCUT2D eigenvalue weighted by Gasteiger charge is 2.13. The highest BCUT2D eigenvalue weighted by Crippen LogP contribution is 2.21. The van der Waals surface area contributed by atoms with E-state index in [1.54, 1.807) is 18.0 Å². The van der Waals surface area contributed by atoms with Gasteiger partial charge in [0.2, 0.25) is 0 Å². The summed E-state index contributed by atoms with van der Waals surface area (Å²) in [6.07, 6.45) is 1.67. The Morgan fingerprint density at radius 1 is 1.44 bits per heavy atom. The van der Waals surface area contributed by atoms with Gasteiger partial charge in [0.15, 0.2) is 0 Å². The molecule has 5 heteroatoms. The molecular weight excluding hydrogens is 204 g/mol. The Hall–Kier alpha value is -1.88. The third kappa shape index (κ3) is 1.90. The fourth-order valence-electron chi connectivity index (χ4n) is 1.58. The first-order valence-electron chi connectivity index (χ1n) is 4.96. The van der Waals surface area contributed by atoms with Crippen LogP contribution in [0.1, 0.15) is 17.3 Å². The number of methoxy groups -OCH3 is 1. The topological polar surface area (TPSA) is 66.0 Å². The highest BCUT2D eigenvalue weighted by atomic mass is 16.5. The monoisotopic (exact) mass is 218 g/mol. The summed E-state index contributed by atoms with van der Waals surface area (Å²) < 4.78 is 6.83. The van der Waals surface area contributed by atoms with E-state index in [1.807, 2.05) is 31.3 Å². The van der Waals surface area contributed by atoms with Crippen LogP contribution in [-0.4, -0.2) is 22.1 Å². The largest absolute Gasteiger partial charge is 0.497 e. The fourth-order valence-corrected chi connectivity index (χ4v) is 1.58. The van der Waals surface area contributed by atoms with Crippen LogP contribution in [0.25, 0.3) is 0 Å². The van der Waals surface area contributed by atoms with Crippen molar-refractivity contribution in [3.8, 4) is 5.75 Å². The van der Waals surface area contributed by atoms with Gasteiger partial charge < -0.3 is 10.5 Å². The van der Waals surface area contributed by atoms with Crippen molar-refractivity contribution in [2.45, 2.75) is 6.04 Å². The molecule has 0 amide bonds. The molecule has 1 aromatic heterocycles. The SMILES string of the molecule is COc1cccc(C(N)c2cnnn2C)c1. The van der Waals surface area contributed by atoms with Gasteiger partial charge >= 0.3 is 0 Å². The van der Waals surface area contributed by atoms with Crippen LogP contribution < -0.4 is 10.5 Å². The van der Waals surface area contributed by atoms with Gasteiger partial charge in [-0.05, 0) is 17.7 Å². The van der Waals surface area contributed by atoms with E-state index >= 15 is 0 Å². The smallest absolute Gasteiger partial charge is 0.119 e. The predicted octanol–water partition coefficient (Wildman–Crippen LogP) is 0.872. The van der Waals surface area contributed by atoms with Crippen molar-refractivity contribution < 1.29 is 4.74 Å². The van der Waals surface area contributed by atoms with Crippen molar-refractivity contribution in [1.82, 2.24) is 15.0 Å². The maximum absolute atomic E-state index is 6.13. The van der Waals surface area contributed by atoms with Crippen LogP contribution in [0.3, 0.4) is 0 Å². The number of aromatic nitrogens is 3. The molecule has 0 fully saturated rings. The van der Waals surface area contributed by atoms with Crippen LogP contribution in [0, 0.1) is 0 Å². The zero-order valence-corrected chi connectivity index (χ0v) is 9.29. The number of hydrogen-bond donors (Lipinski definition) is 1. The molecule has 0 aliphatic carbocycles. The first-order valence-corrected chi connectivity index (χ1v) is 4.96. The van der Waals surface area contributed by atoms with E-state index in [2.05, 4.69) is 10.3 Å². The Bertz CT molecular complexity index is 480. The van der Waals surface area contributed by atoms with Crippen molar-refractivity contribution in [3.63, 3.8) is 0 Å². The van der Waals surface area contributed by atoms with Gasteiger partial charge in [-0.2, -0.15) is 0 Å². The van der Waals surface area contributed by atoms with Crippen LogP contribution in [0.4, 0.5) is 0 Å². The highest BCUT2D eigenvalue weighted by molar-refractivity contribution is 5.33. The summed E-state index contributed by atoms with van der Waals surface area (Å²) in [5.41, 5.74) is 7.97. The standard InChI is InChI=1S/C11H14N4O/c1-15-10(7-13-14-15)11(12)8-4-3-5-9(6-8)16-2/h3-7,11H,12H2,1-2H3. The van der Waals surface area contributed by atoms with Gasteiger partial charge in [0.1, 0.15) is 5.75 Å². The summed E-state index contributed by atoms with van der Waals surface area (Å²) in [4.78, 5) is 0. The molecule has 5 nitrogen and oxygen atoms in total. The molecule has 0 aliphatic rings. The molecule has 1 heterocycles. The van der Waals surface area contributed by atoms with Crippen molar-refractivity contribution in [1.29, 1.82) is 0 Å². The maximum atomic E-state index is 6.13. The first kappa shape index (κ1) is 10.6. The Kier molecular flexibility index (Phi) is 2.87. The van der Waals surface area contributed by atoms with E-state index in [0.717, 1.165) is 17.0 Å². The molecule has 2 rings (SSSR count). The molecule has 0 spiro atoms. The number of nitrogens with zero attached hydrogens (tertiary/aromatic N) is 3. The summed E-state index contributed by atoms with van der Waals surface area (Å²) in [7, 11) is 3.46. The molecule has 0 radical (unpaired) electrons. The number of hydrogen-bond acceptors (Lipinski definition) is 4. The lowest BCUT2D eigenvalue weighted by Crippen LogP contribution is -2.15. The number of rotatable bonds is 3. The molecule has 1 atom stereocenters. The number of ether oxygens (including phenoxy) is 1. The van der Waals surface area contributed by atoms with E-state index in [1.165, 1.54) is 0 Å². The van der Waals surface area contributed by atoms with Crippen LogP contribution in [0.2, 0.25) is 0 Å². The van der Waals surface area contributed by atoms with E-state index in [9.17, 15) is 0 Å². The third-order valence-electron chi connectivity index (χ3n) is 2.52. The number of benzene rings is 1. The van der Waals surface area contributed by atoms with Gasteiger partial charge in [0.25, 0.3) is 0 Å². The van der Waals surface area contributed by atoms with Crippen molar-refractivity contribution >= 4 is 0 Å². The zero-order chi connectivity index (χ0) is 11.5. The van der Waals surface area contributed by atoms with E-state index < -0.39 is 0 Å². The molecule has 2 aromatic rings. The van der Waals surface area contributed by atoms with E-state index in [-0.39, 0.29) is 6.04 Å². The molecular formula is C11H14N4O. The van der Waals surface area contributed by atoms with Crippen molar-refractivity contribution in [2.24, 2.45) is 12.8 Å². The fraction of sp³-hybridized carbons (Fsp3) is 0.273. The summed E-state index contributed by atoms with van der Waals surface area (Å²) in [6.45, 7) is 0. The Morgan fingerprint density at radius 2 is 2.25 bits per heavy atom. The summed E-state index contributed by atoms with van der Waals surface area (Å²) in [6, 6.07) is 7.43. The Labute approximate surface area is 93.8 Å². The van der Waals surface area contributed by atoms with Crippen molar-refractivity contribution in [2.75, 3.05) is 7.11 Å². The number of aryl methyl sites for hydroxylation is 1. The average Bonchev–Trinajstić information content (AvgIpc) is 2.74. The normalized spacial score (nSPS) is 12.4. The molecule has 16 heavy (non-hydrogen) atoms. The van der Waals surface area contributed by atoms with Crippen molar-refractivity contribution in [3.05, 3.63) is 41.7 Å². The summed E-state index contributed by atoms with van der Waals surface area (Å²) in [5, 5.41) is 7.67. The second-order valence-corrected chi connectivity index (χ2v) is 3.54. The molecule has 0 bridgehead atoms. The lowest BCUT2D eigenvalue weighted by atomic mass is 10.1. The van der Waals surface area contributed by atoms with Crippen LogP contribution in [-0.2, 0) is 7.05 Å². The lowest BCUT2D eigenvalue weighted by molar-refractivity contribution is 0.414. The average molecular weight is 218 g/mol. The van der Waals surface area contributed by atoms with Crippen LogP contribution in [0.15, 0.2) is 30.5 Å². The van der Waals surface area contributed by atoms with Gasteiger partial charge in [-0.3, -0.25) is 4.68 Å². The van der Waals surface area contributed by atoms with Crippen LogP contribution >= 0.6 is 0 Å². The van der Waals surface area contributed by atoms with Gasteiger partial charge in [0.05, 0.1) is 25.0 Å². The summed E-state index contributed by atoms with van der Waals surface area (Å²) >= 11 is 0. The molecule has 0 saturated carbocycles. The molecule has 1 aromatic carbocycles. The van der Waals surface area contributed by atoms with Gasteiger partial charge in [-0.1, -0.05) is 17.3 Å². The van der Waals surface area contributed by atoms with Gasteiger partial charge in [0, 0.05) is 7.05 Å². The molecule has 0 saturated heterocycles. The molecule has 0 aliphatic heterocycles. The number of nitrogens with two attached hydrogens (primary N) is 1. The third-order valence-corrected chi connectivity index (χ3v) is 2.52. The molecule has 2 N–H and O–H groups in total. The molecule has 1 unspecified atom stereocenters. The predicted molar refractivity (Wildman–Crippen MR) is 60.0 cm³/mol. The first-order chi connectivity index (χ1) is 7.72. The summed E-state index contributed by atoms with van der Waals surface area (Å²) in [5.74, 6) is 0.795. The lowest BCUT2D eigenvalue weighted by Gasteiger charge is -2.12. The quantitative estimate of drug-likeness (QED) is 0.830. The minimum Gasteiger partial charge on any atom is -0.497 e. The van der Waals surface area contributed by atoms with Gasteiger partial charge in [-0.15, -0.1) is 5.10 Å². The van der Waals surface area contributed by atoms with E-state index in [4.69, 9.17) is 10.5 Å². The second-order valence-electron chi connectivity index (χ2n) is 3.54. The second kappa shape index (κ2) is 4.32. The minimum atomic E-state index is -0.241. The Balaban J connectivity index is 2.33. The van der Waals surface area contributed by atoms with E-state index in [0.29, 0.717) is 0 Å². The Morgan fingerprint density at radius 3 is 2.88 bits per heavy atom. The minimum absolute atomic E-state index is 0.241. The van der Waals surface area contributed by atoms with Crippen LogP contribution in [0.5, 0.6) is 5.75 Å². The molecule has 84 valence electrons. The zero-order valence-electron chi connectivity index (χ0n) is 9.29. The maximum Gasteiger partial charge on any atom is 0.119 e.